The Hall–Kier alpha value is -2.81. The number of rotatable bonds is 7. The highest BCUT2D eigenvalue weighted by Crippen LogP contribution is 2.34. The van der Waals surface area contributed by atoms with Crippen molar-refractivity contribution in [3.8, 4) is 11.5 Å². The van der Waals surface area contributed by atoms with Gasteiger partial charge in [-0.3, -0.25) is 9.59 Å². The van der Waals surface area contributed by atoms with E-state index in [1.807, 2.05) is 12.1 Å². The number of halogens is 1. The van der Waals surface area contributed by atoms with Crippen LogP contribution in [0, 0.1) is 0 Å². The normalized spacial score (nSPS) is 12.6. The number of nitrogens with one attached hydrogen (secondary N) is 2. The van der Waals surface area contributed by atoms with Gasteiger partial charge in [0.05, 0.1) is 21.9 Å². The number of carbonyl (C=O) groups is 1. The Bertz CT molecular complexity index is 1380. The molecule has 0 unspecified atom stereocenters. The van der Waals surface area contributed by atoms with Crippen LogP contribution in [0.5, 0.6) is 11.5 Å². The summed E-state index contributed by atoms with van der Waals surface area (Å²) in [4.78, 5) is 34.4. The Kier molecular flexibility index (Phi) is 6.39. The molecule has 0 bridgehead atoms. The lowest BCUT2D eigenvalue weighted by Gasteiger charge is -2.09. The summed E-state index contributed by atoms with van der Waals surface area (Å²) in [5.74, 6) is 2.39. The van der Waals surface area contributed by atoms with E-state index in [1.54, 1.807) is 47.7 Å². The molecule has 2 N–H and O–H groups in total. The van der Waals surface area contributed by atoms with Gasteiger partial charge in [-0.25, -0.2) is 4.98 Å². The maximum Gasteiger partial charge on any atom is 0.259 e. The lowest BCUT2D eigenvalue weighted by molar-refractivity contribution is -0.113. The molecule has 0 atom stereocenters. The summed E-state index contributed by atoms with van der Waals surface area (Å²) in [5.41, 5.74) is 1.78. The van der Waals surface area contributed by atoms with Gasteiger partial charge >= 0.3 is 0 Å². The number of fused-ring (bicyclic) bond motifs is 3. The van der Waals surface area contributed by atoms with Crippen LogP contribution in [0.2, 0.25) is 5.02 Å². The van der Waals surface area contributed by atoms with E-state index in [0.29, 0.717) is 33.8 Å². The van der Waals surface area contributed by atoms with Crippen LogP contribution in [0.4, 0.5) is 5.69 Å². The molecule has 2 heterocycles. The molecule has 6 nitrogen and oxygen atoms in total. The van der Waals surface area contributed by atoms with Crippen molar-refractivity contribution in [2.24, 2.45) is 0 Å². The second-order valence-electron chi connectivity index (χ2n) is 7.65. The second-order valence-corrected chi connectivity index (χ2v) is 10.1. The first-order chi connectivity index (χ1) is 16.1. The molecule has 2 aromatic heterocycles. The number of aryl methyl sites for hydroxylation is 2. The molecule has 168 valence electrons. The van der Waals surface area contributed by atoms with Gasteiger partial charge in [0, 0.05) is 10.6 Å². The van der Waals surface area contributed by atoms with Crippen LogP contribution in [0.15, 0.2) is 53.3 Å². The zero-order valence-electron chi connectivity index (χ0n) is 17.5. The standard InChI is InChI=1S/C24H20ClN3O3S2/c25-17-5-1-2-6-18(17)31-15-10-8-14(9-11-15)26-21(29)13-32-12-20-27-23(30)22-16-4-3-7-19(16)33-24(22)28-20/h1-2,5-6,8-11H,3-4,7,12-13H2,(H,26,29)(H,27,28,30). The number of ether oxygens (including phenoxy) is 1. The number of carbonyl (C=O) groups excluding carboxylic acids is 1. The van der Waals surface area contributed by atoms with E-state index in [0.717, 1.165) is 29.5 Å². The molecule has 33 heavy (non-hydrogen) atoms. The van der Waals surface area contributed by atoms with Crippen molar-refractivity contribution in [1.82, 2.24) is 9.97 Å². The number of amides is 1. The predicted molar refractivity (Wildman–Crippen MR) is 135 cm³/mol. The van der Waals surface area contributed by atoms with Crippen molar-refractivity contribution in [3.63, 3.8) is 0 Å². The Morgan fingerprint density at radius 2 is 2.00 bits per heavy atom. The first-order valence-electron chi connectivity index (χ1n) is 10.5. The maximum atomic E-state index is 12.5. The van der Waals surface area contributed by atoms with Gasteiger partial charge in [0.2, 0.25) is 5.91 Å². The number of H-pyrrole nitrogens is 1. The zero-order chi connectivity index (χ0) is 22.8. The lowest BCUT2D eigenvalue weighted by atomic mass is 10.2. The van der Waals surface area contributed by atoms with Crippen molar-refractivity contribution >= 4 is 56.5 Å². The van der Waals surface area contributed by atoms with Crippen LogP contribution >= 0.6 is 34.7 Å². The first-order valence-corrected chi connectivity index (χ1v) is 12.9. The molecule has 0 spiro atoms. The molecule has 0 saturated heterocycles. The molecule has 1 amide bonds. The number of thiophene rings is 1. The summed E-state index contributed by atoms with van der Waals surface area (Å²) in [6, 6.07) is 14.3. The van der Waals surface area contributed by atoms with E-state index >= 15 is 0 Å². The first kappa shape index (κ1) is 22.0. The van der Waals surface area contributed by atoms with Gasteiger partial charge in [0.1, 0.15) is 22.2 Å². The third kappa shape index (κ3) is 4.93. The number of hydrogen-bond acceptors (Lipinski definition) is 6. The van der Waals surface area contributed by atoms with Crippen LogP contribution in [0.1, 0.15) is 22.7 Å². The molecular formula is C24H20ClN3O3S2. The highest BCUT2D eigenvalue weighted by molar-refractivity contribution is 7.99. The van der Waals surface area contributed by atoms with E-state index in [4.69, 9.17) is 16.3 Å². The van der Waals surface area contributed by atoms with E-state index in [-0.39, 0.29) is 17.2 Å². The Labute approximate surface area is 203 Å². The van der Waals surface area contributed by atoms with Crippen molar-refractivity contribution in [3.05, 3.63) is 80.2 Å². The quantitative estimate of drug-likeness (QED) is 0.337. The molecular weight excluding hydrogens is 478 g/mol. The number of hydrogen-bond donors (Lipinski definition) is 2. The van der Waals surface area contributed by atoms with Crippen molar-refractivity contribution < 1.29 is 9.53 Å². The molecule has 0 aliphatic heterocycles. The molecule has 1 aliphatic carbocycles. The fourth-order valence-corrected chi connectivity index (χ4v) is 5.96. The van der Waals surface area contributed by atoms with E-state index in [2.05, 4.69) is 15.3 Å². The predicted octanol–water partition coefficient (Wildman–Crippen LogP) is 5.79. The van der Waals surface area contributed by atoms with Gasteiger partial charge < -0.3 is 15.0 Å². The van der Waals surface area contributed by atoms with Gasteiger partial charge in [-0.05, 0) is 61.2 Å². The number of thioether (sulfide) groups is 1. The molecule has 4 aromatic rings. The Balaban J connectivity index is 1.14. The third-order valence-electron chi connectivity index (χ3n) is 5.30. The van der Waals surface area contributed by atoms with E-state index < -0.39 is 0 Å². The molecule has 1 aliphatic rings. The van der Waals surface area contributed by atoms with Crippen LogP contribution in [-0.2, 0) is 23.4 Å². The highest BCUT2D eigenvalue weighted by atomic mass is 35.5. The Morgan fingerprint density at radius 3 is 2.82 bits per heavy atom. The smallest absolute Gasteiger partial charge is 0.259 e. The van der Waals surface area contributed by atoms with Crippen molar-refractivity contribution in [2.45, 2.75) is 25.0 Å². The van der Waals surface area contributed by atoms with Gasteiger partial charge in [-0.1, -0.05) is 23.7 Å². The van der Waals surface area contributed by atoms with Gasteiger partial charge in [-0.2, -0.15) is 0 Å². The number of aromatic amines is 1. The maximum absolute atomic E-state index is 12.5. The largest absolute Gasteiger partial charge is 0.456 e. The summed E-state index contributed by atoms with van der Waals surface area (Å²) in [7, 11) is 0. The third-order valence-corrected chi connectivity index (χ3v) is 7.74. The molecule has 0 saturated carbocycles. The molecule has 9 heteroatoms. The minimum atomic E-state index is -0.127. The Morgan fingerprint density at radius 1 is 1.18 bits per heavy atom. The zero-order valence-corrected chi connectivity index (χ0v) is 19.9. The minimum absolute atomic E-state index is 0.0708. The number of aromatic nitrogens is 2. The monoisotopic (exact) mass is 497 g/mol. The topological polar surface area (TPSA) is 84.1 Å². The fourth-order valence-electron chi connectivity index (χ4n) is 3.81. The van der Waals surface area contributed by atoms with Crippen LogP contribution in [-0.4, -0.2) is 21.6 Å². The molecule has 0 fully saturated rings. The van der Waals surface area contributed by atoms with Gasteiger partial charge in [0.15, 0.2) is 0 Å². The number of benzene rings is 2. The van der Waals surface area contributed by atoms with Crippen LogP contribution in [0.3, 0.4) is 0 Å². The lowest BCUT2D eigenvalue weighted by Crippen LogP contribution is -2.15. The van der Waals surface area contributed by atoms with Crippen LogP contribution in [0.25, 0.3) is 10.2 Å². The van der Waals surface area contributed by atoms with Crippen molar-refractivity contribution in [2.75, 3.05) is 11.1 Å². The summed E-state index contributed by atoms with van der Waals surface area (Å²) < 4.78 is 5.76. The minimum Gasteiger partial charge on any atom is -0.456 e. The summed E-state index contributed by atoms with van der Waals surface area (Å²) >= 11 is 9.14. The van der Waals surface area contributed by atoms with E-state index in [9.17, 15) is 9.59 Å². The fraction of sp³-hybridized carbons (Fsp3) is 0.208. The van der Waals surface area contributed by atoms with Gasteiger partial charge in [0.25, 0.3) is 5.56 Å². The number of nitrogens with zero attached hydrogens (tertiary/aromatic N) is 1. The average Bonchev–Trinajstić information content (AvgIpc) is 3.38. The van der Waals surface area contributed by atoms with Gasteiger partial charge in [-0.15, -0.1) is 23.1 Å². The highest BCUT2D eigenvalue weighted by Gasteiger charge is 2.21. The number of para-hydroxylation sites is 1. The summed E-state index contributed by atoms with van der Waals surface area (Å²) in [6.07, 6.45) is 3.11. The van der Waals surface area contributed by atoms with Crippen LogP contribution < -0.4 is 15.6 Å². The van der Waals surface area contributed by atoms with E-state index in [1.165, 1.54) is 22.2 Å². The average molecular weight is 498 g/mol. The summed E-state index contributed by atoms with van der Waals surface area (Å²) in [6.45, 7) is 0. The van der Waals surface area contributed by atoms with Crippen molar-refractivity contribution in [1.29, 1.82) is 0 Å². The SMILES string of the molecule is O=C(CSCc1nc2sc3c(c2c(=O)[nH]1)CCC3)Nc1ccc(Oc2ccccc2Cl)cc1. The molecule has 5 rings (SSSR count). The second kappa shape index (κ2) is 9.59. The molecule has 2 aromatic carbocycles. The number of anilines is 1. The molecule has 0 radical (unpaired) electrons. The summed E-state index contributed by atoms with van der Waals surface area (Å²) in [5, 5.41) is 4.15.